The van der Waals surface area contributed by atoms with Crippen LogP contribution < -0.4 is 5.73 Å². The first kappa shape index (κ1) is 7.53. The molecule has 0 aliphatic heterocycles. The SMILES string of the molecule is C=C/N=C(\C)n1ccc(N)n1. The van der Waals surface area contributed by atoms with Crippen LogP contribution in [-0.4, -0.2) is 15.6 Å². The molecule has 0 radical (unpaired) electrons. The second-order valence-electron chi connectivity index (χ2n) is 2.04. The van der Waals surface area contributed by atoms with E-state index in [1.165, 1.54) is 6.20 Å². The van der Waals surface area contributed by atoms with E-state index in [9.17, 15) is 0 Å². The Morgan fingerprint density at radius 2 is 2.64 bits per heavy atom. The fraction of sp³-hybridized carbons (Fsp3) is 0.143. The molecule has 4 heteroatoms. The summed E-state index contributed by atoms with van der Waals surface area (Å²) >= 11 is 0. The van der Waals surface area contributed by atoms with E-state index in [0.29, 0.717) is 5.82 Å². The summed E-state index contributed by atoms with van der Waals surface area (Å²) < 4.78 is 1.59. The van der Waals surface area contributed by atoms with Gasteiger partial charge in [0.25, 0.3) is 0 Å². The van der Waals surface area contributed by atoms with E-state index in [2.05, 4.69) is 16.7 Å². The number of rotatable bonds is 1. The second kappa shape index (κ2) is 3.01. The minimum atomic E-state index is 0.489. The van der Waals surface area contributed by atoms with Crippen molar-refractivity contribution in [1.29, 1.82) is 0 Å². The third kappa shape index (κ3) is 1.67. The lowest BCUT2D eigenvalue weighted by molar-refractivity contribution is 0.932. The molecule has 11 heavy (non-hydrogen) atoms. The molecule has 0 unspecified atom stereocenters. The van der Waals surface area contributed by atoms with Gasteiger partial charge in [-0.3, -0.25) is 0 Å². The molecule has 2 N–H and O–H groups in total. The van der Waals surface area contributed by atoms with Crippen LogP contribution >= 0.6 is 0 Å². The number of anilines is 1. The predicted octanol–water partition coefficient (Wildman–Crippen LogP) is 0.875. The molecule has 0 spiro atoms. The van der Waals surface area contributed by atoms with Crippen molar-refractivity contribution in [3.05, 3.63) is 25.0 Å². The summed E-state index contributed by atoms with van der Waals surface area (Å²) in [5.41, 5.74) is 5.40. The van der Waals surface area contributed by atoms with Crippen LogP contribution in [-0.2, 0) is 0 Å². The molecule has 0 saturated heterocycles. The summed E-state index contributed by atoms with van der Waals surface area (Å²) in [6.07, 6.45) is 3.21. The molecule has 1 aromatic heterocycles. The Balaban J connectivity index is 2.93. The van der Waals surface area contributed by atoms with E-state index in [1.54, 1.807) is 16.9 Å². The first-order chi connectivity index (χ1) is 5.24. The van der Waals surface area contributed by atoms with Crippen LogP contribution in [0.25, 0.3) is 0 Å². The standard InChI is InChI=1S/C7H10N4/c1-3-9-6(2)11-5-4-7(8)10-11/h3-5H,1H2,2H3,(H2,8,10)/b9-6+. The summed E-state index contributed by atoms with van der Waals surface area (Å²) in [4.78, 5) is 3.93. The van der Waals surface area contributed by atoms with Gasteiger partial charge in [0.05, 0.1) is 0 Å². The minimum Gasteiger partial charge on any atom is -0.382 e. The molecular formula is C7H10N4. The van der Waals surface area contributed by atoms with Gasteiger partial charge < -0.3 is 5.73 Å². The maximum atomic E-state index is 5.40. The van der Waals surface area contributed by atoms with Crippen molar-refractivity contribution in [2.24, 2.45) is 4.99 Å². The van der Waals surface area contributed by atoms with Gasteiger partial charge in [-0.15, -0.1) is 5.10 Å². The lowest BCUT2D eigenvalue weighted by Crippen LogP contribution is -2.07. The van der Waals surface area contributed by atoms with Crippen LogP contribution in [0.15, 0.2) is 30.0 Å². The molecule has 1 heterocycles. The molecule has 0 amide bonds. The van der Waals surface area contributed by atoms with Crippen molar-refractivity contribution in [3.63, 3.8) is 0 Å². The Bertz CT molecular complexity index is 284. The number of nitrogen functional groups attached to an aromatic ring is 1. The molecule has 58 valence electrons. The quantitative estimate of drug-likeness (QED) is 0.477. The third-order valence-corrected chi connectivity index (χ3v) is 1.22. The molecule has 0 aliphatic rings. The van der Waals surface area contributed by atoms with Gasteiger partial charge in [0.1, 0.15) is 11.7 Å². The monoisotopic (exact) mass is 150 g/mol. The van der Waals surface area contributed by atoms with Crippen molar-refractivity contribution in [2.75, 3.05) is 5.73 Å². The number of nitrogens with two attached hydrogens (primary N) is 1. The average molecular weight is 150 g/mol. The zero-order valence-corrected chi connectivity index (χ0v) is 6.36. The number of aromatic nitrogens is 2. The van der Waals surface area contributed by atoms with Crippen LogP contribution in [0, 0.1) is 0 Å². The number of hydrogen-bond acceptors (Lipinski definition) is 3. The predicted molar refractivity (Wildman–Crippen MR) is 45.3 cm³/mol. The highest BCUT2D eigenvalue weighted by molar-refractivity contribution is 5.81. The fourth-order valence-corrected chi connectivity index (χ4v) is 0.710. The molecule has 1 rings (SSSR count). The Kier molecular flexibility index (Phi) is 2.06. The largest absolute Gasteiger partial charge is 0.382 e. The van der Waals surface area contributed by atoms with Gasteiger partial charge in [-0.1, -0.05) is 6.58 Å². The van der Waals surface area contributed by atoms with E-state index in [-0.39, 0.29) is 0 Å². The molecule has 0 bridgehead atoms. The first-order valence-corrected chi connectivity index (χ1v) is 3.21. The van der Waals surface area contributed by atoms with Crippen molar-refractivity contribution >= 4 is 11.7 Å². The van der Waals surface area contributed by atoms with Gasteiger partial charge in [0.15, 0.2) is 0 Å². The van der Waals surface area contributed by atoms with Crippen LogP contribution in [0.5, 0.6) is 0 Å². The summed E-state index contributed by atoms with van der Waals surface area (Å²) in [5.74, 6) is 1.24. The molecular weight excluding hydrogens is 140 g/mol. The maximum Gasteiger partial charge on any atom is 0.145 e. The van der Waals surface area contributed by atoms with Crippen LogP contribution in [0.3, 0.4) is 0 Å². The highest BCUT2D eigenvalue weighted by Crippen LogP contribution is 1.95. The molecule has 0 saturated carbocycles. The Hall–Kier alpha value is -1.58. The Morgan fingerprint density at radius 1 is 1.91 bits per heavy atom. The highest BCUT2D eigenvalue weighted by Gasteiger charge is 1.94. The second-order valence-corrected chi connectivity index (χ2v) is 2.04. The molecule has 0 aromatic carbocycles. The highest BCUT2D eigenvalue weighted by atomic mass is 15.3. The topological polar surface area (TPSA) is 56.2 Å². The zero-order valence-electron chi connectivity index (χ0n) is 6.36. The van der Waals surface area contributed by atoms with E-state index < -0.39 is 0 Å². The van der Waals surface area contributed by atoms with Gasteiger partial charge in [-0.25, -0.2) is 9.67 Å². The Labute approximate surface area is 65.0 Å². The first-order valence-electron chi connectivity index (χ1n) is 3.21. The summed E-state index contributed by atoms with van der Waals surface area (Å²) in [6.45, 7) is 5.30. The lowest BCUT2D eigenvalue weighted by Gasteiger charge is -1.95. The van der Waals surface area contributed by atoms with Gasteiger partial charge in [0.2, 0.25) is 0 Å². The van der Waals surface area contributed by atoms with Gasteiger partial charge in [0, 0.05) is 18.5 Å². The van der Waals surface area contributed by atoms with E-state index in [4.69, 9.17) is 5.73 Å². The van der Waals surface area contributed by atoms with Crippen molar-refractivity contribution < 1.29 is 0 Å². The van der Waals surface area contributed by atoms with Crippen LogP contribution in [0.4, 0.5) is 5.82 Å². The van der Waals surface area contributed by atoms with Crippen LogP contribution in [0.2, 0.25) is 0 Å². The number of hydrogen-bond donors (Lipinski definition) is 1. The molecule has 4 nitrogen and oxygen atoms in total. The summed E-state index contributed by atoms with van der Waals surface area (Å²) in [5, 5.41) is 3.95. The van der Waals surface area contributed by atoms with Gasteiger partial charge >= 0.3 is 0 Å². The van der Waals surface area contributed by atoms with Crippen molar-refractivity contribution in [2.45, 2.75) is 6.92 Å². The molecule has 0 aliphatic carbocycles. The Morgan fingerprint density at radius 3 is 3.09 bits per heavy atom. The molecule has 0 fully saturated rings. The third-order valence-electron chi connectivity index (χ3n) is 1.22. The van der Waals surface area contributed by atoms with Crippen molar-refractivity contribution in [1.82, 2.24) is 9.78 Å². The minimum absolute atomic E-state index is 0.489. The van der Waals surface area contributed by atoms with Crippen molar-refractivity contribution in [3.8, 4) is 0 Å². The molecule has 1 aromatic rings. The van der Waals surface area contributed by atoms with E-state index in [1.807, 2.05) is 6.92 Å². The maximum absolute atomic E-state index is 5.40. The van der Waals surface area contributed by atoms with Crippen LogP contribution in [0.1, 0.15) is 6.92 Å². The van der Waals surface area contributed by atoms with E-state index >= 15 is 0 Å². The van der Waals surface area contributed by atoms with E-state index in [0.717, 1.165) is 5.84 Å². The normalized spacial score (nSPS) is 11.5. The number of aliphatic imine (C=N–C) groups is 1. The number of nitrogens with zero attached hydrogens (tertiary/aromatic N) is 3. The fourth-order valence-electron chi connectivity index (χ4n) is 0.710. The summed E-state index contributed by atoms with van der Waals surface area (Å²) in [6, 6.07) is 1.71. The summed E-state index contributed by atoms with van der Waals surface area (Å²) in [7, 11) is 0. The smallest absolute Gasteiger partial charge is 0.145 e. The molecule has 0 atom stereocenters. The average Bonchev–Trinajstić information content (AvgIpc) is 2.36. The van der Waals surface area contributed by atoms with Gasteiger partial charge in [-0.05, 0) is 6.92 Å². The van der Waals surface area contributed by atoms with Gasteiger partial charge in [-0.2, -0.15) is 0 Å². The lowest BCUT2D eigenvalue weighted by atomic mass is 10.6. The zero-order chi connectivity index (χ0) is 8.27.